The van der Waals surface area contributed by atoms with Gasteiger partial charge in [0.25, 0.3) is 0 Å². The summed E-state index contributed by atoms with van der Waals surface area (Å²) in [6, 6.07) is 0. The van der Waals surface area contributed by atoms with Crippen molar-refractivity contribution in [1.29, 1.82) is 0 Å². The van der Waals surface area contributed by atoms with Crippen molar-refractivity contribution in [3.8, 4) is 0 Å². The quantitative estimate of drug-likeness (QED) is 0.653. The van der Waals surface area contributed by atoms with Crippen molar-refractivity contribution in [2.24, 2.45) is 5.92 Å². The van der Waals surface area contributed by atoms with Gasteiger partial charge in [-0.15, -0.1) is 0 Å². The maximum Gasteiger partial charge on any atom is 0.248 e. The van der Waals surface area contributed by atoms with Gasteiger partial charge >= 0.3 is 0 Å². The third-order valence-corrected chi connectivity index (χ3v) is 7.72. The average molecular weight is 417 g/mol. The van der Waals surface area contributed by atoms with E-state index >= 15 is 0 Å². The SMILES string of the molecule is CCCC[C@@H](CC)CNC(=S)N1CCN(S(=O)(=O)c2c(C)noc2C)CC1. The Morgan fingerprint density at radius 2 is 1.93 bits per heavy atom. The number of nitrogens with zero attached hydrogens (tertiary/aromatic N) is 3. The number of unbranched alkanes of at least 4 members (excludes halogenated alkanes) is 1. The van der Waals surface area contributed by atoms with Gasteiger partial charge in [-0.1, -0.05) is 38.3 Å². The smallest absolute Gasteiger partial charge is 0.248 e. The maximum atomic E-state index is 12.9. The fourth-order valence-electron chi connectivity index (χ4n) is 3.39. The monoisotopic (exact) mass is 416 g/mol. The molecule has 0 spiro atoms. The molecule has 0 bridgehead atoms. The van der Waals surface area contributed by atoms with E-state index in [0.717, 1.165) is 18.1 Å². The summed E-state index contributed by atoms with van der Waals surface area (Å²) in [6.45, 7) is 10.6. The van der Waals surface area contributed by atoms with E-state index in [1.165, 1.54) is 23.6 Å². The Labute approximate surface area is 168 Å². The minimum atomic E-state index is -3.58. The van der Waals surface area contributed by atoms with Crippen LogP contribution in [0.25, 0.3) is 0 Å². The summed E-state index contributed by atoms with van der Waals surface area (Å²) in [4.78, 5) is 2.25. The molecule has 154 valence electrons. The molecule has 1 saturated heterocycles. The molecular weight excluding hydrogens is 384 g/mol. The number of hydrogen-bond donors (Lipinski definition) is 1. The van der Waals surface area contributed by atoms with Crippen molar-refractivity contribution >= 4 is 27.4 Å². The van der Waals surface area contributed by atoms with Crippen LogP contribution < -0.4 is 5.32 Å². The van der Waals surface area contributed by atoms with Crippen LogP contribution in [0.4, 0.5) is 0 Å². The van der Waals surface area contributed by atoms with Crippen molar-refractivity contribution in [1.82, 2.24) is 19.7 Å². The lowest BCUT2D eigenvalue weighted by molar-refractivity contribution is 0.262. The predicted molar refractivity (Wildman–Crippen MR) is 110 cm³/mol. The van der Waals surface area contributed by atoms with E-state index in [1.807, 2.05) is 0 Å². The van der Waals surface area contributed by atoms with Crippen molar-refractivity contribution < 1.29 is 12.9 Å². The van der Waals surface area contributed by atoms with Gasteiger partial charge in [0.15, 0.2) is 10.9 Å². The molecule has 1 N–H and O–H groups in total. The van der Waals surface area contributed by atoms with E-state index < -0.39 is 10.0 Å². The van der Waals surface area contributed by atoms with Crippen LogP contribution in [0.5, 0.6) is 0 Å². The average Bonchev–Trinajstić information content (AvgIpc) is 3.00. The van der Waals surface area contributed by atoms with Crippen LogP contribution in [0.1, 0.15) is 51.0 Å². The third kappa shape index (κ3) is 5.42. The predicted octanol–water partition coefficient (Wildman–Crippen LogP) is 2.69. The van der Waals surface area contributed by atoms with Crippen LogP contribution in [-0.2, 0) is 10.0 Å². The number of nitrogens with one attached hydrogen (secondary N) is 1. The molecule has 0 unspecified atom stereocenters. The molecule has 0 saturated carbocycles. The van der Waals surface area contributed by atoms with Gasteiger partial charge < -0.3 is 14.7 Å². The Morgan fingerprint density at radius 3 is 2.44 bits per heavy atom. The fraction of sp³-hybridized carbons (Fsp3) is 0.778. The highest BCUT2D eigenvalue weighted by molar-refractivity contribution is 7.89. The minimum absolute atomic E-state index is 0.193. The van der Waals surface area contributed by atoms with Gasteiger partial charge in [-0.2, -0.15) is 4.31 Å². The van der Waals surface area contributed by atoms with Gasteiger partial charge in [-0.25, -0.2) is 8.42 Å². The molecule has 2 rings (SSSR count). The van der Waals surface area contributed by atoms with Crippen molar-refractivity contribution in [2.45, 2.75) is 58.3 Å². The highest BCUT2D eigenvalue weighted by atomic mass is 32.2. The fourth-order valence-corrected chi connectivity index (χ4v) is 5.37. The van der Waals surface area contributed by atoms with Crippen LogP contribution >= 0.6 is 12.2 Å². The molecule has 0 aromatic carbocycles. The zero-order valence-electron chi connectivity index (χ0n) is 16.8. The highest BCUT2D eigenvalue weighted by Gasteiger charge is 2.33. The van der Waals surface area contributed by atoms with Crippen LogP contribution in [0.15, 0.2) is 9.42 Å². The second-order valence-electron chi connectivity index (χ2n) is 7.15. The maximum absolute atomic E-state index is 12.9. The van der Waals surface area contributed by atoms with E-state index in [2.05, 4.69) is 29.2 Å². The number of aryl methyl sites for hydroxylation is 2. The standard InChI is InChI=1S/C18H32N4O3S2/c1-5-7-8-16(6-2)13-19-18(26)21-9-11-22(12-10-21)27(23,24)17-14(3)20-25-15(17)4/h16H,5-13H2,1-4H3,(H,19,26)/t16-/m1/s1. The van der Waals surface area contributed by atoms with Crippen LogP contribution in [-0.4, -0.2) is 60.6 Å². The molecule has 1 atom stereocenters. The van der Waals surface area contributed by atoms with Gasteiger partial charge in [-0.05, 0) is 38.4 Å². The molecule has 27 heavy (non-hydrogen) atoms. The molecule has 7 nitrogen and oxygen atoms in total. The summed E-state index contributed by atoms with van der Waals surface area (Å²) in [6.07, 6.45) is 4.80. The van der Waals surface area contributed by atoms with E-state index in [-0.39, 0.29) is 4.90 Å². The molecule has 1 aliphatic rings. The number of aromatic nitrogens is 1. The Bertz CT molecular complexity index is 705. The first-order valence-electron chi connectivity index (χ1n) is 9.77. The molecule has 1 fully saturated rings. The Balaban J connectivity index is 1.88. The number of piperazine rings is 1. The number of hydrogen-bond acceptors (Lipinski definition) is 5. The van der Waals surface area contributed by atoms with E-state index in [4.69, 9.17) is 16.7 Å². The lowest BCUT2D eigenvalue weighted by Crippen LogP contribution is -2.53. The van der Waals surface area contributed by atoms with Crippen LogP contribution in [0, 0.1) is 19.8 Å². The molecule has 1 aromatic heterocycles. The van der Waals surface area contributed by atoms with Gasteiger partial charge in [0.2, 0.25) is 10.0 Å². The molecule has 0 radical (unpaired) electrons. The second kappa shape index (κ2) is 9.84. The summed E-state index contributed by atoms with van der Waals surface area (Å²) < 4.78 is 32.3. The summed E-state index contributed by atoms with van der Waals surface area (Å²) in [5, 5.41) is 7.87. The first-order valence-corrected chi connectivity index (χ1v) is 11.6. The Morgan fingerprint density at radius 1 is 1.26 bits per heavy atom. The topological polar surface area (TPSA) is 78.7 Å². The Kier molecular flexibility index (Phi) is 8.05. The normalized spacial score (nSPS) is 17.1. The Hall–Kier alpha value is -1.19. The van der Waals surface area contributed by atoms with E-state index in [0.29, 0.717) is 43.6 Å². The van der Waals surface area contributed by atoms with Gasteiger partial charge in [0.1, 0.15) is 10.6 Å². The molecule has 0 amide bonds. The first-order chi connectivity index (χ1) is 12.8. The number of rotatable bonds is 8. The van der Waals surface area contributed by atoms with Crippen LogP contribution in [0.3, 0.4) is 0 Å². The van der Waals surface area contributed by atoms with E-state index in [9.17, 15) is 8.42 Å². The van der Waals surface area contributed by atoms with Gasteiger partial charge in [0, 0.05) is 32.7 Å². The summed E-state index contributed by atoms with van der Waals surface area (Å²) in [7, 11) is -3.58. The van der Waals surface area contributed by atoms with Crippen molar-refractivity contribution in [2.75, 3.05) is 32.7 Å². The molecule has 9 heteroatoms. The van der Waals surface area contributed by atoms with Crippen molar-refractivity contribution in [3.05, 3.63) is 11.5 Å². The number of sulfonamides is 1. The molecular formula is C18H32N4O3S2. The summed E-state index contributed by atoms with van der Waals surface area (Å²) in [5.41, 5.74) is 0.407. The lowest BCUT2D eigenvalue weighted by atomic mass is 9.99. The van der Waals surface area contributed by atoms with Crippen LogP contribution in [0.2, 0.25) is 0 Å². The summed E-state index contributed by atoms with van der Waals surface area (Å²) in [5.74, 6) is 0.967. The van der Waals surface area contributed by atoms with Crippen molar-refractivity contribution in [3.63, 3.8) is 0 Å². The molecule has 0 aliphatic carbocycles. The van der Waals surface area contributed by atoms with Gasteiger partial charge in [0.05, 0.1) is 0 Å². The lowest BCUT2D eigenvalue weighted by Gasteiger charge is -2.35. The third-order valence-electron chi connectivity index (χ3n) is 5.18. The largest absolute Gasteiger partial charge is 0.362 e. The highest BCUT2D eigenvalue weighted by Crippen LogP contribution is 2.24. The zero-order chi connectivity index (χ0) is 20.0. The van der Waals surface area contributed by atoms with E-state index in [1.54, 1.807) is 13.8 Å². The van der Waals surface area contributed by atoms with Gasteiger partial charge in [-0.3, -0.25) is 0 Å². The minimum Gasteiger partial charge on any atom is -0.362 e. The zero-order valence-corrected chi connectivity index (χ0v) is 18.5. The molecule has 2 heterocycles. The first kappa shape index (κ1) is 22.1. The number of thiocarbonyl (C=S) groups is 1. The second-order valence-corrected chi connectivity index (χ2v) is 9.41. The molecule has 1 aliphatic heterocycles. The summed E-state index contributed by atoms with van der Waals surface area (Å²) >= 11 is 5.53. The molecule has 1 aromatic rings.